The van der Waals surface area contributed by atoms with E-state index in [9.17, 15) is 19.7 Å². The van der Waals surface area contributed by atoms with Gasteiger partial charge in [0.1, 0.15) is 27.4 Å². The number of ether oxygens (including phenoxy) is 1. The Bertz CT molecular complexity index is 1880. The predicted molar refractivity (Wildman–Crippen MR) is 164 cm³/mol. The SMILES string of the molecule is O=C1NC(=S)N(c2ccc(Oc3ccccc3)cc2)C(=O)/C1=C\c1cc([N+](=O)[O-])ccc1Sc1nc2cccnc2s1. The lowest BCUT2D eigenvalue weighted by Crippen LogP contribution is -2.54. The van der Waals surface area contributed by atoms with Crippen molar-refractivity contribution >= 4 is 80.0 Å². The number of nitro groups is 1. The van der Waals surface area contributed by atoms with Gasteiger partial charge in [0.25, 0.3) is 17.5 Å². The Morgan fingerprint density at radius 2 is 1.76 bits per heavy atom. The Morgan fingerprint density at radius 3 is 2.50 bits per heavy atom. The summed E-state index contributed by atoms with van der Waals surface area (Å²) >= 11 is 7.94. The summed E-state index contributed by atoms with van der Waals surface area (Å²) in [7, 11) is 0. The van der Waals surface area contributed by atoms with E-state index in [1.807, 2.05) is 36.4 Å². The second kappa shape index (κ2) is 11.5. The number of nitrogens with one attached hydrogen (secondary N) is 1. The van der Waals surface area contributed by atoms with Crippen LogP contribution in [0, 0.1) is 10.1 Å². The molecule has 6 rings (SSSR count). The summed E-state index contributed by atoms with van der Waals surface area (Å²) in [5.41, 5.74) is 1.01. The number of para-hydroxylation sites is 1. The van der Waals surface area contributed by atoms with Crippen LogP contribution in [0.15, 0.2) is 106 Å². The van der Waals surface area contributed by atoms with Crippen LogP contribution in [-0.4, -0.2) is 31.8 Å². The number of nitrogens with zero attached hydrogens (tertiary/aromatic N) is 4. The number of aromatic nitrogens is 2. The molecular formula is C29H17N5O5S3. The van der Waals surface area contributed by atoms with E-state index in [0.29, 0.717) is 32.0 Å². The van der Waals surface area contributed by atoms with Gasteiger partial charge in [0.2, 0.25) is 0 Å². The molecule has 0 spiro atoms. The number of benzene rings is 3. The van der Waals surface area contributed by atoms with Crippen LogP contribution in [0.25, 0.3) is 16.4 Å². The lowest BCUT2D eigenvalue weighted by molar-refractivity contribution is -0.384. The van der Waals surface area contributed by atoms with Crippen molar-refractivity contribution < 1.29 is 19.2 Å². The van der Waals surface area contributed by atoms with Crippen molar-refractivity contribution in [1.82, 2.24) is 15.3 Å². The highest BCUT2D eigenvalue weighted by atomic mass is 32.2. The minimum atomic E-state index is -0.711. The number of hydrogen-bond donors (Lipinski definition) is 1. The topological polar surface area (TPSA) is 128 Å². The molecule has 0 radical (unpaired) electrons. The number of hydrogen-bond acceptors (Lipinski definition) is 10. The fraction of sp³-hybridized carbons (Fsp3) is 0. The van der Waals surface area contributed by atoms with Gasteiger partial charge in [0, 0.05) is 23.2 Å². The number of amides is 2. The molecule has 0 saturated carbocycles. The molecule has 1 fully saturated rings. The van der Waals surface area contributed by atoms with Crippen molar-refractivity contribution in [2.45, 2.75) is 9.24 Å². The van der Waals surface area contributed by atoms with Crippen LogP contribution < -0.4 is 15.0 Å². The number of fused-ring (bicyclic) bond motifs is 1. The maximum atomic E-state index is 13.7. The molecular weight excluding hydrogens is 595 g/mol. The van der Waals surface area contributed by atoms with Crippen LogP contribution in [0.3, 0.4) is 0 Å². The largest absolute Gasteiger partial charge is 0.457 e. The molecule has 206 valence electrons. The van der Waals surface area contributed by atoms with Crippen LogP contribution in [-0.2, 0) is 9.59 Å². The molecule has 13 heteroatoms. The zero-order valence-corrected chi connectivity index (χ0v) is 23.7. The third kappa shape index (κ3) is 5.61. The first-order valence-electron chi connectivity index (χ1n) is 12.3. The monoisotopic (exact) mass is 611 g/mol. The fourth-order valence-electron chi connectivity index (χ4n) is 4.08. The van der Waals surface area contributed by atoms with Crippen molar-refractivity contribution in [3.8, 4) is 11.5 Å². The van der Waals surface area contributed by atoms with Crippen LogP contribution in [0.4, 0.5) is 11.4 Å². The van der Waals surface area contributed by atoms with E-state index in [1.54, 1.807) is 42.6 Å². The van der Waals surface area contributed by atoms with E-state index in [1.165, 1.54) is 46.2 Å². The molecule has 2 amide bonds. The van der Waals surface area contributed by atoms with Crippen LogP contribution in [0.1, 0.15) is 5.56 Å². The maximum absolute atomic E-state index is 13.7. The van der Waals surface area contributed by atoms with E-state index >= 15 is 0 Å². The molecule has 5 aromatic rings. The lowest BCUT2D eigenvalue weighted by atomic mass is 10.1. The maximum Gasteiger partial charge on any atom is 0.270 e. The van der Waals surface area contributed by atoms with Gasteiger partial charge in [-0.3, -0.25) is 29.9 Å². The zero-order chi connectivity index (χ0) is 29.2. The van der Waals surface area contributed by atoms with E-state index in [2.05, 4.69) is 15.3 Å². The Balaban J connectivity index is 1.33. The number of thiazole rings is 1. The first-order chi connectivity index (χ1) is 20.4. The number of anilines is 1. The van der Waals surface area contributed by atoms with E-state index in [-0.39, 0.29) is 16.4 Å². The van der Waals surface area contributed by atoms with Crippen molar-refractivity contribution in [3.63, 3.8) is 0 Å². The van der Waals surface area contributed by atoms with Crippen LogP contribution in [0.5, 0.6) is 11.5 Å². The second-order valence-electron chi connectivity index (χ2n) is 8.76. The zero-order valence-electron chi connectivity index (χ0n) is 21.3. The molecule has 2 aromatic heterocycles. The predicted octanol–water partition coefficient (Wildman–Crippen LogP) is 6.37. The number of nitro benzene ring substituents is 1. The summed E-state index contributed by atoms with van der Waals surface area (Å²) in [5.74, 6) is -0.187. The molecule has 0 aliphatic carbocycles. The summed E-state index contributed by atoms with van der Waals surface area (Å²) in [4.78, 5) is 49.0. The third-order valence-electron chi connectivity index (χ3n) is 6.02. The highest BCUT2D eigenvalue weighted by Crippen LogP contribution is 2.38. The molecule has 10 nitrogen and oxygen atoms in total. The van der Waals surface area contributed by atoms with Gasteiger partial charge in [-0.1, -0.05) is 41.3 Å². The van der Waals surface area contributed by atoms with Crippen molar-refractivity contribution in [2.24, 2.45) is 0 Å². The Kier molecular flexibility index (Phi) is 7.44. The number of non-ortho nitro benzene ring substituents is 1. The van der Waals surface area contributed by atoms with Crippen LogP contribution >= 0.6 is 35.3 Å². The van der Waals surface area contributed by atoms with Crippen molar-refractivity contribution in [1.29, 1.82) is 0 Å². The van der Waals surface area contributed by atoms with Gasteiger partial charge in [-0.05, 0) is 78.5 Å². The molecule has 3 heterocycles. The smallest absolute Gasteiger partial charge is 0.270 e. The van der Waals surface area contributed by atoms with Gasteiger partial charge in [-0.25, -0.2) is 9.97 Å². The molecule has 0 atom stereocenters. The van der Waals surface area contributed by atoms with E-state index in [0.717, 1.165) is 10.3 Å². The molecule has 3 aromatic carbocycles. The van der Waals surface area contributed by atoms with Crippen molar-refractivity contribution in [2.75, 3.05) is 4.90 Å². The molecule has 0 bridgehead atoms. The summed E-state index contributed by atoms with van der Waals surface area (Å²) in [6.45, 7) is 0. The summed E-state index contributed by atoms with van der Waals surface area (Å²) in [6, 6.07) is 23.7. The summed E-state index contributed by atoms with van der Waals surface area (Å²) in [5, 5.41) is 14.0. The standard InChI is InChI=1S/C29H17N5O5S3/c35-25-22(27(36)33(28(40)32-25)18-8-11-21(12-9-18)39-20-5-2-1-3-6-20)16-17-15-19(34(37)38)10-13-24(17)41-29-31-23-7-4-14-30-26(23)42-29/h1-16H,(H,32,35,40)/b22-16-. The Hall–Kier alpha value is -4.98. The lowest BCUT2D eigenvalue weighted by Gasteiger charge is -2.29. The first kappa shape index (κ1) is 27.2. The number of carbonyl (C=O) groups excluding carboxylic acids is 2. The quantitative estimate of drug-likeness (QED) is 0.0734. The van der Waals surface area contributed by atoms with Gasteiger partial charge < -0.3 is 4.74 Å². The molecule has 42 heavy (non-hydrogen) atoms. The van der Waals surface area contributed by atoms with Gasteiger partial charge in [-0.15, -0.1) is 0 Å². The Morgan fingerprint density at radius 1 is 1.00 bits per heavy atom. The highest BCUT2D eigenvalue weighted by molar-refractivity contribution is 8.01. The molecule has 0 unspecified atom stereocenters. The number of pyridine rings is 1. The molecule has 1 N–H and O–H groups in total. The Labute approximate surface area is 251 Å². The van der Waals surface area contributed by atoms with E-state index < -0.39 is 16.7 Å². The summed E-state index contributed by atoms with van der Waals surface area (Å²) in [6.07, 6.45) is 3.00. The number of thiocarbonyl (C=S) groups is 1. The molecule has 1 aliphatic rings. The van der Waals surface area contributed by atoms with E-state index in [4.69, 9.17) is 17.0 Å². The van der Waals surface area contributed by atoms with Gasteiger partial charge in [0.05, 0.1) is 10.6 Å². The van der Waals surface area contributed by atoms with Gasteiger partial charge in [0.15, 0.2) is 9.45 Å². The third-order valence-corrected chi connectivity index (χ3v) is 8.44. The number of carbonyl (C=O) groups is 2. The average molecular weight is 612 g/mol. The fourth-order valence-corrected chi connectivity index (χ4v) is 6.38. The normalized spacial score (nSPS) is 14.3. The highest BCUT2D eigenvalue weighted by Gasteiger charge is 2.35. The molecule has 1 saturated heterocycles. The molecule has 1 aliphatic heterocycles. The minimum Gasteiger partial charge on any atom is -0.457 e. The summed E-state index contributed by atoms with van der Waals surface area (Å²) < 4.78 is 6.47. The first-order valence-corrected chi connectivity index (χ1v) is 14.3. The average Bonchev–Trinajstić information content (AvgIpc) is 3.39. The van der Waals surface area contributed by atoms with Gasteiger partial charge in [-0.2, -0.15) is 0 Å². The second-order valence-corrected chi connectivity index (χ2v) is 11.4. The van der Waals surface area contributed by atoms with Gasteiger partial charge >= 0.3 is 0 Å². The van der Waals surface area contributed by atoms with Crippen LogP contribution in [0.2, 0.25) is 0 Å². The van der Waals surface area contributed by atoms with Crippen molar-refractivity contribution in [3.05, 3.63) is 112 Å². The number of rotatable bonds is 7. The minimum absolute atomic E-state index is 0.0884.